The van der Waals surface area contributed by atoms with Crippen molar-refractivity contribution in [3.63, 3.8) is 0 Å². The van der Waals surface area contributed by atoms with Crippen molar-refractivity contribution in [3.05, 3.63) is 201 Å². The van der Waals surface area contributed by atoms with Crippen LogP contribution < -0.4 is 16.0 Å². The first-order valence-corrected chi connectivity index (χ1v) is 22.7. The van der Waals surface area contributed by atoms with Gasteiger partial charge in [0.2, 0.25) is 0 Å². The largest absolute Gasteiger partial charge is 0.508 e. The highest BCUT2D eigenvalue weighted by Gasteiger charge is 2.61. The monoisotopic (exact) mass is 868 g/mol. The third kappa shape index (κ3) is 8.04. The summed E-state index contributed by atoms with van der Waals surface area (Å²) in [6, 6.07) is 39.8. The third-order valence-electron chi connectivity index (χ3n) is 13.0. The number of benzene rings is 4. The average molecular weight is 869 g/mol. The molecule has 65 heavy (non-hydrogen) atoms. The van der Waals surface area contributed by atoms with E-state index in [4.69, 9.17) is 0 Å². The van der Waals surface area contributed by atoms with Crippen molar-refractivity contribution in [1.29, 1.82) is 0 Å². The normalized spacial score (nSPS) is 18.4. The van der Waals surface area contributed by atoms with E-state index in [1.54, 1.807) is 72.8 Å². The van der Waals surface area contributed by atoms with Gasteiger partial charge in [0, 0.05) is 55.8 Å². The highest BCUT2D eigenvalue weighted by atomic mass is 16.4. The lowest BCUT2D eigenvalue weighted by atomic mass is 9.72. The Kier molecular flexibility index (Phi) is 11.8. The number of aliphatic hydroxyl groups is 2. The maximum Gasteiger partial charge on any atom is 0.139 e. The number of unbranched alkanes of at least 4 members (excludes halogenated alkanes) is 5. The number of rotatable bonds is 13. The average Bonchev–Trinajstić information content (AvgIpc) is 4.10. The van der Waals surface area contributed by atoms with Crippen LogP contribution in [0.2, 0.25) is 0 Å². The summed E-state index contributed by atoms with van der Waals surface area (Å²) < 4.78 is 0. The second kappa shape index (κ2) is 17.8. The van der Waals surface area contributed by atoms with Crippen LogP contribution in [0, 0.1) is 0 Å². The van der Waals surface area contributed by atoms with Gasteiger partial charge in [0.15, 0.2) is 0 Å². The third-order valence-corrected chi connectivity index (χ3v) is 13.0. The molecule has 10 nitrogen and oxygen atoms in total. The van der Waals surface area contributed by atoms with Crippen LogP contribution in [0.3, 0.4) is 0 Å². The van der Waals surface area contributed by atoms with Gasteiger partial charge in [-0.1, -0.05) is 107 Å². The van der Waals surface area contributed by atoms with Crippen molar-refractivity contribution in [2.75, 3.05) is 0 Å². The predicted octanol–water partition coefficient (Wildman–Crippen LogP) is 9.14. The van der Waals surface area contributed by atoms with Crippen LogP contribution in [0.25, 0.3) is 22.3 Å². The number of nitrogens with one attached hydrogen (secondary N) is 4. The number of phenols is 4. The van der Waals surface area contributed by atoms with Crippen LogP contribution in [-0.4, -0.2) is 56.8 Å². The molecule has 10 N–H and O–H groups in total. The van der Waals surface area contributed by atoms with E-state index in [0.29, 0.717) is 69.3 Å². The van der Waals surface area contributed by atoms with Crippen molar-refractivity contribution >= 4 is 22.3 Å². The summed E-state index contributed by atoms with van der Waals surface area (Å²) >= 11 is 0. The molecule has 0 aliphatic carbocycles. The Morgan fingerprint density at radius 1 is 0.385 bits per heavy atom. The molecule has 0 radical (unpaired) electrons. The van der Waals surface area contributed by atoms with E-state index < -0.39 is 11.2 Å². The van der Waals surface area contributed by atoms with Crippen LogP contribution >= 0.6 is 0 Å². The van der Waals surface area contributed by atoms with Crippen molar-refractivity contribution < 1.29 is 30.6 Å². The van der Waals surface area contributed by atoms with Gasteiger partial charge in [-0.2, -0.15) is 0 Å². The molecular formula is C55H56N4O6. The highest BCUT2D eigenvalue weighted by molar-refractivity contribution is 5.90. The Morgan fingerprint density at radius 3 is 1.09 bits per heavy atom. The zero-order chi connectivity index (χ0) is 45.3. The molecule has 4 aromatic carbocycles. The molecule has 8 bridgehead atoms. The van der Waals surface area contributed by atoms with Gasteiger partial charge in [-0.3, -0.25) is 0 Å². The SMILES string of the molecule is CCCCCCC1(O)C2=C(c3cccc(O)c3)c3ccc([nH]3)C(c3cccc(O)c3)=c3ccc([nH]3)=C(c3cccc(O)c3)c3ccc([nH]3)C(c3cccc(O)c3)=C(N2)C1(O)CCCCC. The van der Waals surface area contributed by atoms with Crippen LogP contribution in [0.5, 0.6) is 23.0 Å². The van der Waals surface area contributed by atoms with E-state index in [0.717, 1.165) is 65.1 Å². The number of fused-ring (bicyclic) bond motifs is 8. The summed E-state index contributed by atoms with van der Waals surface area (Å²) in [4.78, 5) is 11.1. The molecule has 2 unspecified atom stereocenters. The molecule has 0 saturated carbocycles. The Hall–Kier alpha value is -7.14. The minimum atomic E-state index is -1.88. The van der Waals surface area contributed by atoms with E-state index in [2.05, 4.69) is 34.1 Å². The molecule has 1 saturated heterocycles. The van der Waals surface area contributed by atoms with Gasteiger partial charge >= 0.3 is 0 Å². The molecule has 3 aromatic heterocycles. The molecule has 0 spiro atoms. The quantitative estimate of drug-likeness (QED) is 0.0513. The zero-order valence-electron chi connectivity index (χ0n) is 36.7. The summed E-state index contributed by atoms with van der Waals surface area (Å²) in [5, 5.41) is 76.8. The standard InChI is InChI=1S/C55H56N4O6/c1-3-5-7-9-29-55(65)53-51(37-17-13-21-41(63)33-37)47-27-25-45(58-47)49(35-15-11-19-39(61)31-35)43-23-22-42(56-43)48(34-14-10-18-38(60)30-34)44-24-26-46(57-44)50(36-16-12-20-40(62)32-36)52(59-53)54(55,64)28-8-6-4-2/h10-27,30-33,56-65H,3-9,28-29H2,1-2H3. The van der Waals surface area contributed by atoms with Crippen LogP contribution in [-0.2, 0) is 0 Å². The lowest BCUT2D eigenvalue weighted by Gasteiger charge is -2.39. The van der Waals surface area contributed by atoms with Crippen molar-refractivity contribution in [2.24, 2.45) is 0 Å². The fourth-order valence-corrected chi connectivity index (χ4v) is 9.87. The summed E-state index contributed by atoms with van der Waals surface area (Å²) in [5.41, 5.74) is 4.93. The number of aromatic amines is 3. The van der Waals surface area contributed by atoms with Crippen LogP contribution in [0.4, 0.5) is 0 Å². The Balaban J connectivity index is 1.47. The van der Waals surface area contributed by atoms with Crippen molar-refractivity contribution in [1.82, 2.24) is 20.3 Å². The molecule has 7 aromatic rings. The number of aromatic nitrogens is 3. The minimum absolute atomic E-state index is 0.0386. The summed E-state index contributed by atoms with van der Waals surface area (Å²) in [7, 11) is 0. The van der Waals surface area contributed by atoms with E-state index in [1.165, 1.54) is 0 Å². The van der Waals surface area contributed by atoms with Gasteiger partial charge in [-0.15, -0.1) is 0 Å². The molecule has 1 fully saturated rings. The van der Waals surface area contributed by atoms with E-state index in [-0.39, 0.29) is 35.8 Å². The van der Waals surface area contributed by atoms with Crippen molar-refractivity contribution in [2.45, 2.75) is 82.8 Å². The minimum Gasteiger partial charge on any atom is -0.508 e. The summed E-state index contributed by atoms with van der Waals surface area (Å²) in [5.74, 6) is 0.275. The van der Waals surface area contributed by atoms with Gasteiger partial charge in [0.25, 0.3) is 0 Å². The van der Waals surface area contributed by atoms with Gasteiger partial charge < -0.3 is 50.9 Å². The second-order valence-corrected chi connectivity index (χ2v) is 17.4. The topological polar surface area (TPSA) is 181 Å². The van der Waals surface area contributed by atoms with Crippen molar-refractivity contribution in [3.8, 4) is 23.0 Å². The fourth-order valence-electron chi connectivity index (χ4n) is 9.87. The number of hydrogen-bond acceptors (Lipinski definition) is 7. The maximum atomic E-state index is 13.9. The number of hydrogen-bond donors (Lipinski definition) is 10. The van der Waals surface area contributed by atoms with Crippen LogP contribution in [0.1, 0.15) is 117 Å². The predicted molar refractivity (Wildman–Crippen MR) is 255 cm³/mol. The Bertz CT molecular complexity index is 3080. The number of aromatic hydroxyl groups is 4. The van der Waals surface area contributed by atoms with E-state index >= 15 is 0 Å². The molecule has 2 atom stereocenters. The van der Waals surface area contributed by atoms with Gasteiger partial charge in [0.1, 0.15) is 34.2 Å². The van der Waals surface area contributed by atoms with Gasteiger partial charge in [-0.05, 0) is 120 Å². The summed E-state index contributed by atoms with van der Waals surface area (Å²) in [6.07, 6.45) is 6.20. The second-order valence-electron chi connectivity index (χ2n) is 17.4. The molecule has 2 aliphatic rings. The highest BCUT2D eigenvalue weighted by Crippen LogP contribution is 2.53. The molecular weight excluding hydrogens is 813 g/mol. The number of phenolic OH excluding ortho intramolecular Hbond substituents is 4. The molecule has 2 aliphatic heterocycles. The van der Waals surface area contributed by atoms with Crippen LogP contribution in [0.15, 0.2) is 145 Å². The fraction of sp³-hybridized carbons (Fsp3) is 0.236. The molecule has 10 heteroatoms. The molecule has 332 valence electrons. The molecule has 5 heterocycles. The van der Waals surface area contributed by atoms with Gasteiger partial charge in [0.05, 0.1) is 11.4 Å². The lowest BCUT2D eigenvalue weighted by Crippen LogP contribution is -2.52. The first-order valence-electron chi connectivity index (χ1n) is 22.7. The zero-order valence-corrected chi connectivity index (χ0v) is 36.7. The smallest absolute Gasteiger partial charge is 0.139 e. The first kappa shape index (κ1) is 43.1. The van der Waals surface area contributed by atoms with Gasteiger partial charge in [-0.25, -0.2) is 0 Å². The number of H-pyrrole nitrogens is 3. The molecule has 9 rings (SSSR count). The first-order chi connectivity index (χ1) is 31.5. The van der Waals surface area contributed by atoms with E-state index in [9.17, 15) is 30.6 Å². The lowest BCUT2D eigenvalue weighted by molar-refractivity contribution is -0.102. The Morgan fingerprint density at radius 2 is 0.723 bits per heavy atom. The maximum absolute atomic E-state index is 13.9. The molecule has 0 amide bonds. The Labute approximate surface area is 378 Å². The van der Waals surface area contributed by atoms with E-state index in [1.807, 2.05) is 60.7 Å². The summed E-state index contributed by atoms with van der Waals surface area (Å²) in [6.45, 7) is 4.25.